The second-order valence-electron chi connectivity index (χ2n) is 5.27. The minimum absolute atomic E-state index is 0.187. The van der Waals surface area contributed by atoms with Crippen molar-refractivity contribution >= 4 is 5.78 Å². The van der Waals surface area contributed by atoms with Gasteiger partial charge in [0.1, 0.15) is 5.69 Å². The van der Waals surface area contributed by atoms with Crippen LogP contribution in [0.3, 0.4) is 0 Å². The van der Waals surface area contributed by atoms with Crippen LogP contribution in [0.1, 0.15) is 43.1 Å². The van der Waals surface area contributed by atoms with Gasteiger partial charge in [-0.2, -0.15) is 5.10 Å². The highest BCUT2D eigenvalue weighted by Gasteiger charge is 2.27. The van der Waals surface area contributed by atoms with E-state index in [0.29, 0.717) is 19.1 Å². The third-order valence-electron chi connectivity index (χ3n) is 3.78. The highest BCUT2D eigenvalue weighted by atomic mass is 16.5. The number of aromatic nitrogens is 2. The maximum Gasteiger partial charge on any atom is 0.183 e. The van der Waals surface area contributed by atoms with Crippen molar-refractivity contribution in [2.75, 3.05) is 13.7 Å². The zero-order chi connectivity index (χ0) is 13.0. The summed E-state index contributed by atoms with van der Waals surface area (Å²) in [6.07, 6.45) is 6.18. The standard InChI is InChI=1S/C14H22N2O2/c1-11-4-3-5-12(10-11)14(17)13-6-7-15-16(13)8-9-18-2/h6-7,11-12H,3-5,8-10H2,1-2H3. The van der Waals surface area contributed by atoms with Crippen molar-refractivity contribution in [3.63, 3.8) is 0 Å². The Bertz CT molecular complexity index is 400. The molecular formula is C14H22N2O2. The normalized spacial score (nSPS) is 24.1. The third-order valence-corrected chi connectivity index (χ3v) is 3.78. The van der Waals surface area contributed by atoms with E-state index in [0.717, 1.165) is 18.5 Å². The largest absolute Gasteiger partial charge is 0.383 e. The molecule has 0 N–H and O–H groups in total. The van der Waals surface area contributed by atoms with E-state index in [9.17, 15) is 4.79 Å². The van der Waals surface area contributed by atoms with Crippen molar-refractivity contribution in [1.82, 2.24) is 9.78 Å². The zero-order valence-electron chi connectivity index (χ0n) is 11.3. The van der Waals surface area contributed by atoms with E-state index in [1.54, 1.807) is 18.0 Å². The number of ether oxygens (including phenoxy) is 1. The first-order chi connectivity index (χ1) is 8.72. The molecule has 0 saturated heterocycles. The Hall–Kier alpha value is -1.16. The fourth-order valence-corrected chi connectivity index (χ4v) is 2.78. The van der Waals surface area contributed by atoms with Gasteiger partial charge in [0.15, 0.2) is 5.78 Å². The SMILES string of the molecule is COCCn1nccc1C(=O)C1CCCC(C)C1. The van der Waals surface area contributed by atoms with E-state index in [2.05, 4.69) is 12.0 Å². The van der Waals surface area contributed by atoms with Crippen LogP contribution in [0.4, 0.5) is 0 Å². The van der Waals surface area contributed by atoms with Crippen LogP contribution in [0.5, 0.6) is 0 Å². The van der Waals surface area contributed by atoms with Crippen LogP contribution in [-0.4, -0.2) is 29.3 Å². The molecule has 100 valence electrons. The summed E-state index contributed by atoms with van der Waals surface area (Å²) in [6, 6.07) is 1.83. The van der Waals surface area contributed by atoms with Crippen LogP contribution in [0.15, 0.2) is 12.3 Å². The minimum Gasteiger partial charge on any atom is -0.383 e. The molecule has 0 aromatic carbocycles. The molecule has 18 heavy (non-hydrogen) atoms. The van der Waals surface area contributed by atoms with Gasteiger partial charge < -0.3 is 4.74 Å². The van der Waals surface area contributed by atoms with Gasteiger partial charge in [-0.15, -0.1) is 0 Å². The van der Waals surface area contributed by atoms with Crippen molar-refractivity contribution in [3.05, 3.63) is 18.0 Å². The van der Waals surface area contributed by atoms with Gasteiger partial charge in [-0.05, 0) is 24.8 Å². The molecule has 0 amide bonds. The van der Waals surface area contributed by atoms with Crippen LogP contribution in [0.25, 0.3) is 0 Å². The first kappa shape index (κ1) is 13.3. The molecule has 0 aliphatic heterocycles. The topological polar surface area (TPSA) is 44.1 Å². The lowest BCUT2D eigenvalue weighted by molar-refractivity contribution is 0.0853. The number of nitrogens with zero attached hydrogens (tertiary/aromatic N) is 2. The Kier molecular flexibility index (Phi) is 4.53. The lowest BCUT2D eigenvalue weighted by Gasteiger charge is -2.25. The highest BCUT2D eigenvalue weighted by Crippen LogP contribution is 2.30. The summed E-state index contributed by atoms with van der Waals surface area (Å²) in [4.78, 5) is 12.5. The molecular weight excluding hydrogens is 228 g/mol. The average Bonchev–Trinajstić information content (AvgIpc) is 2.83. The quantitative estimate of drug-likeness (QED) is 0.754. The third kappa shape index (κ3) is 2.99. The van der Waals surface area contributed by atoms with E-state index < -0.39 is 0 Å². The molecule has 0 bridgehead atoms. The van der Waals surface area contributed by atoms with Gasteiger partial charge in [0.2, 0.25) is 0 Å². The van der Waals surface area contributed by atoms with Crippen molar-refractivity contribution in [3.8, 4) is 0 Å². The van der Waals surface area contributed by atoms with Crippen molar-refractivity contribution in [1.29, 1.82) is 0 Å². The molecule has 1 aromatic heterocycles. The Balaban J connectivity index is 2.05. The fraction of sp³-hybridized carbons (Fsp3) is 0.714. The van der Waals surface area contributed by atoms with E-state index in [1.165, 1.54) is 12.8 Å². The minimum atomic E-state index is 0.187. The number of carbonyl (C=O) groups excluding carboxylic acids is 1. The molecule has 2 rings (SSSR count). The molecule has 2 atom stereocenters. The molecule has 1 aliphatic carbocycles. The van der Waals surface area contributed by atoms with Crippen molar-refractivity contribution in [2.45, 2.75) is 39.2 Å². The second kappa shape index (κ2) is 6.14. The summed E-state index contributed by atoms with van der Waals surface area (Å²) >= 11 is 0. The van der Waals surface area contributed by atoms with E-state index >= 15 is 0 Å². The number of hydrogen-bond acceptors (Lipinski definition) is 3. The molecule has 4 heteroatoms. The Labute approximate surface area is 108 Å². The zero-order valence-corrected chi connectivity index (χ0v) is 11.3. The van der Waals surface area contributed by atoms with E-state index in [1.807, 2.05) is 6.07 Å². The van der Waals surface area contributed by atoms with Crippen LogP contribution in [-0.2, 0) is 11.3 Å². The molecule has 0 spiro atoms. The van der Waals surface area contributed by atoms with Gasteiger partial charge >= 0.3 is 0 Å². The number of Topliss-reactive ketones (excluding diaryl/α,β-unsaturated/α-hetero) is 1. The maximum atomic E-state index is 12.5. The Morgan fingerprint density at radius 2 is 2.39 bits per heavy atom. The fourth-order valence-electron chi connectivity index (χ4n) is 2.78. The Morgan fingerprint density at radius 1 is 1.56 bits per heavy atom. The first-order valence-corrected chi connectivity index (χ1v) is 6.77. The van der Waals surface area contributed by atoms with Gasteiger partial charge in [0.25, 0.3) is 0 Å². The van der Waals surface area contributed by atoms with Gasteiger partial charge in [-0.3, -0.25) is 9.48 Å². The maximum absolute atomic E-state index is 12.5. The van der Waals surface area contributed by atoms with Crippen molar-refractivity contribution in [2.24, 2.45) is 11.8 Å². The predicted octanol–water partition coefficient (Wildman–Crippen LogP) is 2.54. The first-order valence-electron chi connectivity index (χ1n) is 6.77. The lowest BCUT2D eigenvalue weighted by atomic mass is 9.79. The van der Waals surface area contributed by atoms with E-state index in [-0.39, 0.29) is 11.7 Å². The predicted molar refractivity (Wildman–Crippen MR) is 69.6 cm³/mol. The van der Waals surface area contributed by atoms with Crippen LogP contribution in [0.2, 0.25) is 0 Å². The lowest BCUT2D eigenvalue weighted by Crippen LogP contribution is -2.24. The molecule has 1 aromatic rings. The summed E-state index contributed by atoms with van der Waals surface area (Å²) in [5.74, 6) is 1.12. The monoisotopic (exact) mass is 250 g/mol. The van der Waals surface area contributed by atoms with Crippen LogP contribution in [0, 0.1) is 11.8 Å². The summed E-state index contributed by atoms with van der Waals surface area (Å²) in [5.41, 5.74) is 0.742. The van der Waals surface area contributed by atoms with Crippen LogP contribution < -0.4 is 0 Å². The Morgan fingerprint density at radius 3 is 3.11 bits per heavy atom. The molecule has 2 unspecified atom stereocenters. The molecule has 0 radical (unpaired) electrons. The summed E-state index contributed by atoms with van der Waals surface area (Å²) in [7, 11) is 1.66. The van der Waals surface area contributed by atoms with Gasteiger partial charge in [0, 0.05) is 19.2 Å². The summed E-state index contributed by atoms with van der Waals surface area (Å²) in [6.45, 7) is 3.47. The van der Waals surface area contributed by atoms with Crippen LogP contribution >= 0.6 is 0 Å². The molecule has 1 fully saturated rings. The van der Waals surface area contributed by atoms with Crippen molar-refractivity contribution < 1.29 is 9.53 Å². The molecule has 4 nitrogen and oxygen atoms in total. The average molecular weight is 250 g/mol. The summed E-state index contributed by atoms with van der Waals surface area (Å²) < 4.78 is 6.81. The number of ketones is 1. The van der Waals surface area contributed by atoms with E-state index in [4.69, 9.17) is 4.74 Å². The second-order valence-corrected chi connectivity index (χ2v) is 5.27. The van der Waals surface area contributed by atoms with Gasteiger partial charge in [-0.1, -0.05) is 19.8 Å². The van der Waals surface area contributed by atoms with Gasteiger partial charge in [0.05, 0.1) is 13.2 Å². The molecule has 1 saturated carbocycles. The number of hydrogen-bond donors (Lipinski definition) is 0. The van der Waals surface area contributed by atoms with Gasteiger partial charge in [-0.25, -0.2) is 0 Å². The highest BCUT2D eigenvalue weighted by molar-refractivity contribution is 5.96. The number of methoxy groups -OCH3 is 1. The number of rotatable bonds is 5. The molecule has 1 heterocycles. The number of carbonyl (C=O) groups is 1. The smallest absolute Gasteiger partial charge is 0.183 e. The molecule has 1 aliphatic rings. The summed E-state index contributed by atoms with van der Waals surface area (Å²) in [5, 5.41) is 4.20.